The first kappa shape index (κ1) is 20.0. The largest absolute Gasteiger partial charge is 0.486 e. The standard InChI is InChI=1S/C20H23NO6S/c1-4-21(17-8-6-15(12-14(17)3)20(22)25-5-2)28(23,24)16-7-9-18-19(13-16)27-11-10-26-18/h6-9,12-13H,4-5,10-11H2,1-3H3. The minimum atomic E-state index is -3.82. The number of hydrogen-bond donors (Lipinski definition) is 0. The molecule has 3 rings (SSSR count). The maximum atomic E-state index is 13.3. The number of hydrogen-bond acceptors (Lipinski definition) is 6. The van der Waals surface area contributed by atoms with Gasteiger partial charge in [0.1, 0.15) is 13.2 Å². The number of carbonyl (C=O) groups excluding carboxylic acids is 1. The minimum Gasteiger partial charge on any atom is -0.486 e. The zero-order chi connectivity index (χ0) is 20.3. The van der Waals surface area contributed by atoms with Crippen molar-refractivity contribution in [1.29, 1.82) is 0 Å². The summed E-state index contributed by atoms with van der Waals surface area (Å²) >= 11 is 0. The monoisotopic (exact) mass is 405 g/mol. The molecule has 2 aromatic rings. The molecule has 0 aromatic heterocycles. The van der Waals surface area contributed by atoms with E-state index < -0.39 is 16.0 Å². The maximum absolute atomic E-state index is 13.3. The highest BCUT2D eigenvalue weighted by atomic mass is 32.2. The molecule has 0 unspecified atom stereocenters. The molecule has 1 aliphatic rings. The molecule has 0 saturated carbocycles. The number of esters is 1. The van der Waals surface area contributed by atoms with Crippen molar-refractivity contribution in [1.82, 2.24) is 0 Å². The molecule has 150 valence electrons. The molecule has 0 saturated heterocycles. The fraction of sp³-hybridized carbons (Fsp3) is 0.350. The number of ether oxygens (including phenoxy) is 3. The van der Waals surface area contributed by atoms with Crippen LogP contribution in [0.15, 0.2) is 41.3 Å². The number of rotatable bonds is 6. The molecule has 1 aliphatic heterocycles. The molecule has 8 heteroatoms. The lowest BCUT2D eigenvalue weighted by Crippen LogP contribution is -2.31. The Labute approximate surface area is 164 Å². The number of sulfonamides is 1. The number of anilines is 1. The molecule has 0 radical (unpaired) electrons. The second-order valence-electron chi connectivity index (χ2n) is 6.20. The summed E-state index contributed by atoms with van der Waals surface area (Å²) in [5, 5.41) is 0. The molecule has 1 heterocycles. The lowest BCUT2D eigenvalue weighted by atomic mass is 10.1. The Kier molecular flexibility index (Phi) is 5.79. The highest BCUT2D eigenvalue weighted by Crippen LogP contribution is 2.35. The van der Waals surface area contributed by atoms with Gasteiger partial charge in [0.15, 0.2) is 11.5 Å². The summed E-state index contributed by atoms with van der Waals surface area (Å²) in [4.78, 5) is 12.0. The van der Waals surface area contributed by atoms with E-state index in [2.05, 4.69) is 0 Å². The van der Waals surface area contributed by atoms with E-state index in [4.69, 9.17) is 14.2 Å². The van der Waals surface area contributed by atoms with Crippen molar-refractivity contribution in [2.24, 2.45) is 0 Å². The van der Waals surface area contributed by atoms with Crippen LogP contribution in [0.5, 0.6) is 11.5 Å². The SMILES string of the molecule is CCOC(=O)c1ccc(N(CC)S(=O)(=O)c2ccc3c(c2)OCCO3)c(C)c1. The summed E-state index contributed by atoms with van der Waals surface area (Å²) in [6.45, 7) is 6.58. The van der Waals surface area contributed by atoms with Gasteiger partial charge in [0.05, 0.1) is 22.8 Å². The Morgan fingerprint density at radius 1 is 1.07 bits per heavy atom. The smallest absolute Gasteiger partial charge is 0.338 e. The molecule has 0 amide bonds. The lowest BCUT2D eigenvalue weighted by Gasteiger charge is -2.26. The topological polar surface area (TPSA) is 82.1 Å². The van der Waals surface area contributed by atoms with Crippen LogP contribution < -0.4 is 13.8 Å². The summed E-state index contributed by atoms with van der Waals surface area (Å²) in [5.41, 5.74) is 1.55. The van der Waals surface area contributed by atoms with Crippen molar-refractivity contribution in [2.75, 3.05) is 30.7 Å². The van der Waals surface area contributed by atoms with E-state index in [1.807, 2.05) is 0 Å². The first-order valence-electron chi connectivity index (χ1n) is 9.08. The van der Waals surface area contributed by atoms with Gasteiger partial charge in [-0.3, -0.25) is 4.31 Å². The van der Waals surface area contributed by atoms with Gasteiger partial charge in [-0.1, -0.05) is 0 Å². The predicted molar refractivity (Wildman–Crippen MR) is 105 cm³/mol. The van der Waals surface area contributed by atoms with E-state index in [-0.39, 0.29) is 18.0 Å². The summed E-state index contributed by atoms with van der Waals surface area (Å²) in [6, 6.07) is 9.42. The van der Waals surface area contributed by atoms with Crippen molar-refractivity contribution in [3.8, 4) is 11.5 Å². The Hall–Kier alpha value is -2.74. The van der Waals surface area contributed by atoms with E-state index in [0.29, 0.717) is 41.5 Å². The van der Waals surface area contributed by atoms with Crippen LogP contribution in [-0.2, 0) is 14.8 Å². The van der Waals surface area contributed by atoms with Gasteiger partial charge in [-0.25, -0.2) is 13.2 Å². The molecular formula is C20H23NO6S. The van der Waals surface area contributed by atoms with E-state index in [9.17, 15) is 13.2 Å². The van der Waals surface area contributed by atoms with Crippen molar-refractivity contribution in [3.63, 3.8) is 0 Å². The van der Waals surface area contributed by atoms with Crippen molar-refractivity contribution in [2.45, 2.75) is 25.7 Å². The van der Waals surface area contributed by atoms with Gasteiger partial charge in [0, 0.05) is 12.6 Å². The first-order chi connectivity index (χ1) is 13.4. The Bertz CT molecular complexity index is 986. The van der Waals surface area contributed by atoms with Crippen molar-refractivity contribution < 1.29 is 27.4 Å². The minimum absolute atomic E-state index is 0.118. The molecule has 2 aromatic carbocycles. The van der Waals surface area contributed by atoms with Crippen molar-refractivity contribution in [3.05, 3.63) is 47.5 Å². The Morgan fingerprint density at radius 3 is 2.43 bits per heavy atom. The normalized spacial score (nSPS) is 13.1. The summed E-state index contributed by atoms with van der Waals surface area (Å²) in [5.74, 6) is 0.510. The van der Waals surface area contributed by atoms with E-state index >= 15 is 0 Å². The fourth-order valence-electron chi connectivity index (χ4n) is 3.06. The van der Waals surface area contributed by atoms with Crippen molar-refractivity contribution >= 4 is 21.7 Å². The molecular weight excluding hydrogens is 382 g/mol. The summed E-state index contributed by atoms with van der Waals surface area (Å²) in [6.07, 6.45) is 0. The van der Waals surface area contributed by atoms with Crippen LogP contribution in [-0.4, -0.2) is 40.8 Å². The molecule has 28 heavy (non-hydrogen) atoms. The van der Waals surface area contributed by atoms with Gasteiger partial charge < -0.3 is 14.2 Å². The summed E-state index contributed by atoms with van der Waals surface area (Å²) in [7, 11) is -3.82. The average Bonchev–Trinajstić information content (AvgIpc) is 2.69. The zero-order valence-corrected chi connectivity index (χ0v) is 16.9. The van der Waals surface area contributed by atoms with E-state index in [1.165, 1.54) is 16.4 Å². The number of fused-ring (bicyclic) bond motifs is 1. The van der Waals surface area contributed by atoms with Gasteiger partial charge >= 0.3 is 5.97 Å². The third-order valence-electron chi connectivity index (χ3n) is 4.37. The maximum Gasteiger partial charge on any atom is 0.338 e. The number of aryl methyl sites for hydroxylation is 1. The molecule has 0 bridgehead atoms. The number of nitrogens with zero attached hydrogens (tertiary/aromatic N) is 1. The molecule has 0 fully saturated rings. The van der Waals surface area contributed by atoms with Gasteiger partial charge in [0.2, 0.25) is 0 Å². The summed E-state index contributed by atoms with van der Waals surface area (Å²) < 4.78 is 43.8. The third kappa shape index (κ3) is 3.77. The number of carbonyl (C=O) groups is 1. The first-order valence-corrected chi connectivity index (χ1v) is 10.5. The predicted octanol–water partition coefficient (Wildman–Crippen LogP) is 3.16. The average molecular weight is 405 g/mol. The Balaban J connectivity index is 1.97. The highest BCUT2D eigenvalue weighted by Gasteiger charge is 2.27. The van der Waals surface area contributed by atoms with Crippen LogP contribution in [0, 0.1) is 6.92 Å². The van der Waals surface area contributed by atoms with Gasteiger partial charge in [-0.2, -0.15) is 0 Å². The molecule has 0 atom stereocenters. The zero-order valence-electron chi connectivity index (χ0n) is 16.1. The molecule has 0 N–H and O–H groups in total. The quantitative estimate of drug-likeness (QED) is 0.687. The van der Waals surface area contributed by atoms with Gasteiger partial charge in [-0.15, -0.1) is 0 Å². The lowest BCUT2D eigenvalue weighted by molar-refractivity contribution is 0.0526. The van der Waals surface area contributed by atoms with Crippen LogP contribution >= 0.6 is 0 Å². The molecule has 0 spiro atoms. The third-order valence-corrected chi connectivity index (χ3v) is 6.25. The molecule has 7 nitrogen and oxygen atoms in total. The number of benzene rings is 2. The van der Waals surface area contributed by atoms with Gasteiger partial charge in [-0.05, 0) is 56.7 Å². The second kappa shape index (κ2) is 8.10. The highest BCUT2D eigenvalue weighted by molar-refractivity contribution is 7.92. The van der Waals surface area contributed by atoms with Crippen LogP contribution in [0.3, 0.4) is 0 Å². The van der Waals surface area contributed by atoms with Gasteiger partial charge in [0.25, 0.3) is 10.0 Å². The second-order valence-corrected chi connectivity index (χ2v) is 8.06. The molecule has 0 aliphatic carbocycles. The van der Waals surface area contributed by atoms with Crippen LogP contribution in [0.4, 0.5) is 5.69 Å². The van der Waals surface area contributed by atoms with E-state index in [1.54, 1.807) is 45.0 Å². The van der Waals surface area contributed by atoms with Crippen LogP contribution in [0.1, 0.15) is 29.8 Å². The fourth-order valence-corrected chi connectivity index (χ4v) is 4.61. The van der Waals surface area contributed by atoms with Crippen LogP contribution in [0.2, 0.25) is 0 Å². The van der Waals surface area contributed by atoms with Crippen LogP contribution in [0.25, 0.3) is 0 Å². The Morgan fingerprint density at radius 2 is 1.79 bits per heavy atom. The van der Waals surface area contributed by atoms with E-state index in [0.717, 1.165) is 0 Å².